The minimum absolute atomic E-state index is 0.0572. The van der Waals surface area contributed by atoms with Crippen molar-refractivity contribution in [2.24, 2.45) is 0 Å². The summed E-state index contributed by atoms with van der Waals surface area (Å²) in [6.07, 6.45) is 0. The first kappa shape index (κ1) is 12.7. The van der Waals surface area contributed by atoms with Crippen LogP contribution in [0.3, 0.4) is 0 Å². The minimum atomic E-state index is -1.65. The van der Waals surface area contributed by atoms with Crippen LogP contribution in [0.5, 0.6) is 5.75 Å². The van der Waals surface area contributed by atoms with Crippen molar-refractivity contribution in [2.75, 3.05) is 0 Å². The molecule has 0 unspecified atom stereocenters. The van der Waals surface area contributed by atoms with Gasteiger partial charge in [0.05, 0.1) is 5.56 Å². The Morgan fingerprint density at radius 1 is 1.33 bits per heavy atom. The SMILES string of the molecule is CC(=O)c1cc(I)ccc1O[Si](C)(C)C. The zero-order valence-corrected chi connectivity index (χ0v) is 12.6. The Morgan fingerprint density at radius 2 is 1.93 bits per heavy atom. The summed E-state index contributed by atoms with van der Waals surface area (Å²) in [5.74, 6) is 0.781. The number of rotatable bonds is 3. The number of benzene rings is 1. The van der Waals surface area contributed by atoms with E-state index in [2.05, 4.69) is 42.2 Å². The third kappa shape index (κ3) is 3.94. The molecule has 4 heteroatoms. The van der Waals surface area contributed by atoms with Gasteiger partial charge in [-0.3, -0.25) is 4.79 Å². The maximum absolute atomic E-state index is 11.4. The van der Waals surface area contributed by atoms with Crippen LogP contribution in [-0.4, -0.2) is 14.1 Å². The number of carbonyl (C=O) groups excluding carboxylic acids is 1. The Kier molecular flexibility index (Phi) is 3.94. The fraction of sp³-hybridized carbons (Fsp3) is 0.364. The molecule has 0 atom stereocenters. The Hall–Kier alpha value is -0.363. The van der Waals surface area contributed by atoms with Crippen LogP contribution in [0.25, 0.3) is 0 Å². The Morgan fingerprint density at radius 3 is 2.40 bits per heavy atom. The molecule has 0 radical (unpaired) electrons. The quantitative estimate of drug-likeness (QED) is 0.479. The van der Waals surface area contributed by atoms with Crippen molar-refractivity contribution in [1.82, 2.24) is 0 Å². The first-order chi connectivity index (χ1) is 6.79. The molecule has 0 heterocycles. The van der Waals surface area contributed by atoms with Crippen molar-refractivity contribution in [3.05, 3.63) is 27.3 Å². The molecule has 82 valence electrons. The summed E-state index contributed by atoms with van der Waals surface area (Å²) < 4.78 is 6.92. The number of carbonyl (C=O) groups is 1. The van der Waals surface area contributed by atoms with Gasteiger partial charge in [0.2, 0.25) is 8.32 Å². The summed E-state index contributed by atoms with van der Waals surface area (Å²) in [6, 6.07) is 5.72. The topological polar surface area (TPSA) is 26.3 Å². The van der Waals surface area contributed by atoms with Crippen LogP contribution in [0.1, 0.15) is 17.3 Å². The van der Waals surface area contributed by atoms with E-state index >= 15 is 0 Å². The molecule has 0 saturated carbocycles. The first-order valence-corrected chi connectivity index (χ1v) is 9.28. The summed E-state index contributed by atoms with van der Waals surface area (Å²) >= 11 is 2.20. The van der Waals surface area contributed by atoms with E-state index in [1.54, 1.807) is 6.92 Å². The van der Waals surface area contributed by atoms with Gasteiger partial charge in [0.25, 0.3) is 0 Å². The molecule has 1 aromatic carbocycles. The number of hydrogen-bond acceptors (Lipinski definition) is 2. The lowest BCUT2D eigenvalue weighted by Gasteiger charge is -2.21. The Bertz CT molecular complexity index is 383. The molecule has 0 aliphatic rings. The van der Waals surface area contributed by atoms with Gasteiger partial charge < -0.3 is 4.43 Å². The smallest absolute Gasteiger partial charge is 0.242 e. The lowest BCUT2D eigenvalue weighted by atomic mass is 10.1. The van der Waals surface area contributed by atoms with E-state index in [1.807, 2.05) is 18.2 Å². The molecule has 0 N–H and O–H groups in total. The summed E-state index contributed by atoms with van der Waals surface area (Å²) in [5.41, 5.74) is 0.685. The Balaban J connectivity index is 3.12. The van der Waals surface area contributed by atoms with Crippen molar-refractivity contribution < 1.29 is 9.22 Å². The molecule has 1 rings (SSSR count). The third-order valence-corrected chi connectivity index (χ3v) is 3.24. The third-order valence-electron chi connectivity index (χ3n) is 1.74. The highest BCUT2D eigenvalue weighted by Crippen LogP contribution is 2.24. The Labute approximate surface area is 105 Å². The van der Waals surface area contributed by atoms with Crippen LogP contribution >= 0.6 is 22.6 Å². The highest BCUT2D eigenvalue weighted by Gasteiger charge is 2.19. The standard InChI is InChI=1S/C11H15IO2Si/c1-8(13)10-7-9(12)5-6-11(10)14-15(2,3)4/h5-7H,1-4H3. The number of Topliss-reactive ketones (excluding diaryl/α,β-unsaturated/α-hetero) is 1. The van der Waals surface area contributed by atoms with Crippen molar-refractivity contribution in [1.29, 1.82) is 0 Å². The molecule has 0 bridgehead atoms. The van der Waals surface area contributed by atoms with Crippen molar-refractivity contribution >= 4 is 36.7 Å². The summed E-state index contributed by atoms with van der Waals surface area (Å²) in [5, 5.41) is 0. The molecule has 2 nitrogen and oxygen atoms in total. The van der Waals surface area contributed by atoms with Gasteiger partial charge in [-0.05, 0) is 67.4 Å². The fourth-order valence-corrected chi connectivity index (χ4v) is 2.53. The second-order valence-electron chi connectivity index (χ2n) is 4.41. The summed E-state index contributed by atoms with van der Waals surface area (Å²) in [7, 11) is -1.65. The van der Waals surface area contributed by atoms with Gasteiger partial charge in [0.15, 0.2) is 5.78 Å². The molecule has 0 fully saturated rings. The van der Waals surface area contributed by atoms with Crippen molar-refractivity contribution in [3.8, 4) is 5.75 Å². The maximum Gasteiger partial charge on any atom is 0.242 e. The normalized spacial score (nSPS) is 11.3. The monoisotopic (exact) mass is 334 g/mol. The highest BCUT2D eigenvalue weighted by molar-refractivity contribution is 14.1. The van der Waals surface area contributed by atoms with E-state index in [1.165, 1.54) is 0 Å². The van der Waals surface area contributed by atoms with E-state index in [0.29, 0.717) is 5.56 Å². The molecule has 1 aromatic rings. The number of hydrogen-bond donors (Lipinski definition) is 0. The molecular weight excluding hydrogens is 319 g/mol. The fourth-order valence-electron chi connectivity index (χ4n) is 1.20. The molecule has 15 heavy (non-hydrogen) atoms. The summed E-state index contributed by atoms with van der Waals surface area (Å²) in [6.45, 7) is 7.89. The largest absolute Gasteiger partial charge is 0.544 e. The first-order valence-electron chi connectivity index (χ1n) is 4.79. The van der Waals surface area contributed by atoms with E-state index in [-0.39, 0.29) is 5.78 Å². The van der Waals surface area contributed by atoms with Gasteiger partial charge in [0.1, 0.15) is 5.75 Å². The molecule has 0 aromatic heterocycles. The van der Waals surface area contributed by atoms with E-state index in [9.17, 15) is 4.79 Å². The van der Waals surface area contributed by atoms with Crippen LogP contribution in [0.15, 0.2) is 18.2 Å². The molecular formula is C11H15IO2Si. The van der Waals surface area contributed by atoms with E-state index in [0.717, 1.165) is 9.32 Å². The predicted molar refractivity (Wildman–Crippen MR) is 73.1 cm³/mol. The van der Waals surface area contributed by atoms with Crippen LogP contribution in [0.2, 0.25) is 19.6 Å². The average molecular weight is 334 g/mol. The summed E-state index contributed by atoms with van der Waals surface area (Å²) in [4.78, 5) is 11.4. The zero-order valence-electron chi connectivity index (χ0n) is 9.43. The van der Waals surface area contributed by atoms with Gasteiger partial charge in [-0.1, -0.05) is 0 Å². The molecule has 0 aliphatic heterocycles. The second kappa shape index (κ2) is 4.65. The van der Waals surface area contributed by atoms with Crippen LogP contribution in [-0.2, 0) is 0 Å². The highest BCUT2D eigenvalue weighted by atomic mass is 127. The predicted octanol–water partition coefficient (Wildman–Crippen LogP) is 3.71. The van der Waals surface area contributed by atoms with E-state index in [4.69, 9.17) is 4.43 Å². The van der Waals surface area contributed by atoms with Crippen LogP contribution in [0.4, 0.5) is 0 Å². The maximum atomic E-state index is 11.4. The average Bonchev–Trinajstić information content (AvgIpc) is 2.05. The molecule has 0 aliphatic carbocycles. The van der Waals surface area contributed by atoms with Crippen LogP contribution < -0.4 is 4.43 Å². The lowest BCUT2D eigenvalue weighted by molar-refractivity contribution is 0.101. The van der Waals surface area contributed by atoms with E-state index < -0.39 is 8.32 Å². The van der Waals surface area contributed by atoms with Crippen molar-refractivity contribution in [3.63, 3.8) is 0 Å². The van der Waals surface area contributed by atoms with Gasteiger partial charge in [0, 0.05) is 3.57 Å². The molecule has 0 amide bonds. The minimum Gasteiger partial charge on any atom is -0.544 e. The zero-order chi connectivity index (χ0) is 11.6. The molecule has 0 spiro atoms. The van der Waals surface area contributed by atoms with Gasteiger partial charge >= 0.3 is 0 Å². The second-order valence-corrected chi connectivity index (χ2v) is 10.1. The van der Waals surface area contributed by atoms with Crippen molar-refractivity contribution in [2.45, 2.75) is 26.6 Å². The van der Waals surface area contributed by atoms with Gasteiger partial charge in [-0.25, -0.2) is 0 Å². The number of ketones is 1. The molecule has 0 saturated heterocycles. The lowest BCUT2D eigenvalue weighted by Crippen LogP contribution is -2.30. The number of halogens is 1. The van der Waals surface area contributed by atoms with Gasteiger partial charge in [-0.15, -0.1) is 0 Å². The van der Waals surface area contributed by atoms with Crippen LogP contribution in [0, 0.1) is 3.57 Å². The van der Waals surface area contributed by atoms with Gasteiger partial charge in [-0.2, -0.15) is 0 Å².